The summed E-state index contributed by atoms with van der Waals surface area (Å²) in [5.74, 6) is 2.21. The van der Waals surface area contributed by atoms with Gasteiger partial charge in [-0.1, -0.05) is 13.3 Å². The van der Waals surface area contributed by atoms with Crippen molar-refractivity contribution in [2.75, 3.05) is 13.1 Å². The quantitative estimate of drug-likeness (QED) is 0.831. The molecule has 0 aromatic heterocycles. The van der Waals surface area contributed by atoms with Crippen molar-refractivity contribution >= 4 is 0 Å². The molecule has 0 spiro atoms. The fraction of sp³-hybridized carbons (Fsp3) is 0.938. The largest absolute Gasteiger partial charge is 0.393 e. The van der Waals surface area contributed by atoms with Gasteiger partial charge in [0.2, 0.25) is 0 Å². The molecule has 1 saturated heterocycles. The molecule has 1 N–H and O–H groups in total. The number of fused-ring (bicyclic) bond motifs is 1. The van der Waals surface area contributed by atoms with Gasteiger partial charge in [-0.25, -0.2) is 0 Å². The third kappa shape index (κ3) is 2.41. The standard InChI is InChI=1S/C16H26N2O/c1-2-11-3-4-12(8-17)15(7-11)18-9-13-5-6-16(19)14(13)10-18/h11-16,19H,2-7,9-10H2,1H3. The zero-order chi connectivity index (χ0) is 13.4. The molecule has 3 aliphatic rings. The molecule has 19 heavy (non-hydrogen) atoms. The van der Waals surface area contributed by atoms with Gasteiger partial charge in [-0.05, 0) is 43.9 Å². The Morgan fingerprint density at radius 1 is 1.21 bits per heavy atom. The molecule has 3 nitrogen and oxygen atoms in total. The van der Waals surface area contributed by atoms with E-state index in [1.807, 2.05) is 0 Å². The molecule has 0 radical (unpaired) electrons. The summed E-state index contributed by atoms with van der Waals surface area (Å²) < 4.78 is 0. The van der Waals surface area contributed by atoms with Gasteiger partial charge >= 0.3 is 0 Å². The minimum absolute atomic E-state index is 0.0823. The van der Waals surface area contributed by atoms with Crippen LogP contribution in [0.4, 0.5) is 0 Å². The maximum Gasteiger partial charge on any atom is 0.0672 e. The van der Waals surface area contributed by atoms with Crippen molar-refractivity contribution < 1.29 is 5.11 Å². The van der Waals surface area contributed by atoms with Crippen LogP contribution in [0.25, 0.3) is 0 Å². The molecule has 0 amide bonds. The van der Waals surface area contributed by atoms with Crippen LogP contribution >= 0.6 is 0 Å². The molecule has 2 saturated carbocycles. The van der Waals surface area contributed by atoms with Crippen LogP contribution in [0.15, 0.2) is 0 Å². The van der Waals surface area contributed by atoms with Crippen LogP contribution in [0.2, 0.25) is 0 Å². The Balaban J connectivity index is 1.68. The molecule has 1 aliphatic heterocycles. The summed E-state index contributed by atoms with van der Waals surface area (Å²) in [4.78, 5) is 2.55. The highest BCUT2D eigenvalue weighted by Gasteiger charge is 2.45. The normalized spacial score (nSPS) is 47.0. The molecule has 0 aromatic rings. The Bertz CT molecular complexity index is 364. The number of aliphatic hydroxyl groups is 1. The minimum atomic E-state index is -0.0823. The van der Waals surface area contributed by atoms with E-state index in [2.05, 4.69) is 17.9 Å². The highest BCUT2D eigenvalue weighted by molar-refractivity contribution is 5.02. The van der Waals surface area contributed by atoms with Gasteiger partial charge in [0.25, 0.3) is 0 Å². The predicted molar refractivity (Wildman–Crippen MR) is 74.3 cm³/mol. The molecular formula is C16H26N2O. The van der Waals surface area contributed by atoms with Crippen molar-refractivity contribution in [1.82, 2.24) is 4.90 Å². The van der Waals surface area contributed by atoms with Crippen LogP contribution in [0.1, 0.15) is 45.4 Å². The van der Waals surface area contributed by atoms with Crippen molar-refractivity contribution in [3.05, 3.63) is 0 Å². The first-order valence-corrected chi connectivity index (χ1v) is 8.04. The van der Waals surface area contributed by atoms with Crippen molar-refractivity contribution in [2.24, 2.45) is 23.7 Å². The molecule has 6 atom stereocenters. The van der Waals surface area contributed by atoms with Gasteiger partial charge in [-0.2, -0.15) is 5.26 Å². The summed E-state index contributed by atoms with van der Waals surface area (Å²) in [6, 6.07) is 3.01. The van der Waals surface area contributed by atoms with E-state index in [-0.39, 0.29) is 12.0 Å². The molecule has 3 fully saturated rings. The zero-order valence-electron chi connectivity index (χ0n) is 12.0. The summed E-state index contributed by atoms with van der Waals surface area (Å²) in [6.45, 7) is 4.43. The lowest BCUT2D eigenvalue weighted by Gasteiger charge is -2.38. The SMILES string of the molecule is CCC1CCC(C#N)C(N2CC3CCC(O)C3C2)C1. The third-order valence-electron chi connectivity index (χ3n) is 5.98. The summed E-state index contributed by atoms with van der Waals surface area (Å²) in [7, 11) is 0. The topological polar surface area (TPSA) is 47.3 Å². The average molecular weight is 262 g/mol. The van der Waals surface area contributed by atoms with Gasteiger partial charge in [0.1, 0.15) is 0 Å². The van der Waals surface area contributed by atoms with E-state index in [0.29, 0.717) is 17.9 Å². The number of likely N-dealkylation sites (tertiary alicyclic amines) is 1. The molecule has 106 valence electrons. The Hall–Kier alpha value is -0.590. The zero-order valence-corrected chi connectivity index (χ0v) is 12.0. The summed E-state index contributed by atoms with van der Waals surface area (Å²) in [5.41, 5.74) is 0. The lowest BCUT2D eigenvalue weighted by molar-refractivity contribution is 0.0899. The molecule has 2 aliphatic carbocycles. The number of hydrogen-bond acceptors (Lipinski definition) is 3. The number of nitriles is 1. The lowest BCUT2D eigenvalue weighted by atomic mass is 9.77. The molecule has 3 heteroatoms. The van der Waals surface area contributed by atoms with Crippen molar-refractivity contribution in [2.45, 2.75) is 57.6 Å². The van der Waals surface area contributed by atoms with Gasteiger partial charge in [0, 0.05) is 25.0 Å². The van der Waals surface area contributed by atoms with E-state index in [0.717, 1.165) is 31.8 Å². The number of nitrogens with zero attached hydrogens (tertiary/aromatic N) is 2. The highest BCUT2D eigenvalue weighted by Crippen LogP contribution is 2.42. The van der Waals surface area contributed by atoms with Gasteiger partial charge in [-0.3, -0.25) is 4.90 Å². The first-order valence-electron chi connectivity index (χ1n) is 8.04. The molecule has 1 heterocycles. The van der Waals surface area contributed by atoms with Gasteiger partial charge in [0.05, 0.1) is 18.1 Å². The Kier molecular flexibility index (Phi) is 3.82. The van der Waals surface area contributed by atoms with Crippen molar-refractivity contribution in [3.8, 4) is 6.07 Å². The lowest BCUT2D eigenvalue weighted by Crippen LogP contribution is -2.43. The predicted octanol–water partition coefficient (Wildman–Crippen LogP) is 2.41. The Labute approximate surface area is 116 Å². The maximum absolute atomic E-state index is 10.0. The second kappa shape index (κ2) is 5.42. The van der Waals surface area contributed by atoms with Crippen LogP contribution < -0.4 is 0 Å². The monoisotopic (exact) mass is 262 g/mol. The second-order valence-electron chi connectivity index (χ2n) is 6.91. The molecule has 0 bridgehead atoms. The summed E-state index contributed by atoms with van der Waals surface area (Å²) >= 11 is 0. The van der Waals surface area contributed by atoms with E-state index in [9.17, 15) is 10.4 Å². The van der Waals surface area contributed by atoms with Crippen molar-refractivity contribution in [3.63, 3.8) is 0 Å². The molecule has 3 rings (SSSR count). The van der Waals surface area contributed by atoms with E-state index >= 15 is 0 Å². The Morgan fingerprint density at radius 3 is 2.74 bits per heavy atom. The van der Waals surface area contributed by atoms with Gasteiger partial charge in [-0.15, -0.1) is 0 Å². The van der Waals surface area contributed by atoms with Crippen LogP contribution in [-0.4, -0.2) is 35.2 Å². The van der Waals surface area contributed by atoms with Crippen LogP contribution in [0.3, 0.4) is 0 Å². The minimum Gasteiger partial charge on any atom is -0.393 e. The first kappa shape index (κ1) is 13.4. The first-order chi connectivity index (χ1) is 9.22. The van der Waals surface area contributed by atoms with Crippen LogP contribution in [0.5, 0.6) is 0 Å². The fourth-order valence-electron chi connectivity index (χ4n) is 4.70. The van der Waals surface area contributed by atoms with Crippen LogP contribution in [0, 0.1) is 35.0 Å². The summed E-state index contributed by atoms with van der Waals surface area (Å²) in [6.07, 6.45) is 6.85. The van der Waals surface area contributed by atoms with Gasteiger partial charge < -0.3 is 5.11 Å². The second-order valence-corrected chi connectivity index (χ2v) is 6.91. The third-order valence-corrected chi connectivity index (χ3v) is 5.98. The number of hydrogen-bond donors (Lipinski definition) is 1. The summed E-state index contributed by atoms with van der Waals surface area (Å²) in [5, 5.41) is 19.5. The fourth-order valence-corrected chi connectivity index (χ4v) is 4.70. The molecular weight excluding hydrogens is 236 g/mol. The highest BCUT2D eigenvalue weighted by atomic mass is 16.3. The average Bonchev–Trinajstić information content (AvgIpc) is 3.00. The smallest absolute Gasteiger partial charge is 0.0672 e. The van der Waals surface area contributed by atoms with E-state index in [1.165, 1.54) is 25.7 Å². The van der Waals surface area contributed by atoms with E-state index < -0.39 is 0 Å². The number of rotatable bonds is 2. The maximum atomic E-state index is 10.0. The Morgan fingerprint density at radius 2 is 2.05 bits per heavy atom. The van der Waals surface area contributed by atoms with Gasteiger partial charge in [0.15, 0.2) is 0 Å². The van der Waals surface area contributed by atoms with E-state index in [1.54, 1.807) is 0 Å². The van der Waals surface area contributed by atoms with Crippen molar-refractivity contribution in [1.29, 1.82) is 5.26 Å². The van der Waals surface area contributed by atoms with Crippen LogP contribution in [-0.2, 0) is 0 Å². The molecule has 0 aromatic carbocycles. The number of aliphatic hydroxyl groups excluding tert-OH is 1. The molecule has 6 unspecified atom stereocenters. The van der Waals surface area contributed by atoms with E-state index in [4.69, 9.17) is 0 Å².